The quantitative estimate of drug-likeness (QED) is 0.185. The van der Waals surface area contributed by atoms with Crippen molar-refractivity contribution < 1.29 is 9.84 Å². The molecule has 4 aromatic rings. The van der Waals surface area contributed by atoms with Crippen LogP contribution in [0.4, 0.5) is 0 Å². The van der Waals surface area contributed by atoms with Crippen LogP contribution in [-0.2, 0) is 11.5 Å². The summed E-state index contributed by atoms with van der Waals surface area (Å²) in [5.74, 6) is 6.47. The van der Waals surface area contributed by atoms with Gasteiger partial charge in [-0.2, -0.15) is 0 Å². The van der Waals surface area contributed by atoms with E-state index in [-0.39, 0.29) is 0 Å². The predicted octanol–water partition coefficient (Wildman–Crippen LogP) is 6.54. The van der Waals surface area contributed by atoms with Crippen molar-refractivity contribution in [3.05, 3.63) is 54.5 Å². The molecule has 3 heterocycles. The number of hydrogen-bond acceptors (Lipinski definition) is 3. The Morgan fingerprint density at radius 3 is 2.71 bits per heavy atom. The molecular weight excluding hydrogens is 450 g/mol. The van der Waals surface area contributed by atoms with Crippen LogP contribution >= 0.6 is 0 Å². The lowest BCUT2D eigenvalue weighted by Crippen LogP contribution is -2.29. The number of pyridine rings is 1. The Morgan fingerprint density at radius 2 is 1.91 bits per heavy atom. The van der Waals surface area contributed by atoms with Gasteiger partial charge in [-0.15, -0.1) is 0 Å². The van der Waals surface area contributed by atoms with Crippen molar-refractivity contribution in [1.29, 1.82) is 0 Å². The first kappa shape index (κ1) is 23.9. The van der Waals surface area contributed by atoms with Gasteiger partial charge < -0.3 is 19.4 Å². The molecule has 0 unspecified atom stereocenters. The van der Waals surface area contributed by atoms with E-state index in [0.29, 0.717) is 6.73 Å². The number of aliphatic hydroxyl groups is 1. The van der Waals surface area contributed by atoms with Crippen molar-refractivity contribution in [3.8, 4) is 23.0 Å². The molecule has 0 spiro atoms. The van der Waals surface area contributed by atoms with Crippen molar-refractivity contribution in [2.75, 3.05) is 6.61 Å². The van der Waals surface area contributed by atoms with Gasteiger partial charge in [0.05, 0.1) is 5.52 Å². The molecule has 5 nitrogen and oxygen atoms in total. The van der Waals surface area contributed by atoms with E-state index in [1.165, 1.54) is 6.42 Å². The average Bonchev–Trinajstić information content (AvgIpc) is 3.45. The summed E-state index contributed by atoms with van der Waals surface area (Å²) in [4.78, 5) is 7.69. The highest BCUT2D eigenvalue weighted by Gasteiger charge is 2.26. The number of aromatic nitrogens is 3. The second-order valence-electron chi connectivity index (χ2n) is 11.0. The van der Waals surface area contributed by atoms with Crippen LogP contribution in [0.1, 0.15) is 37.7 Å². The SMILES string of the molecule is C[Si](C)(C)CCOCn1cc(-c2ccnc3[nH]ccc23)c2cc(C#CC3(O)CCCCC3)ccc21. The van der Waals surface area contributed by atoms with Crippen LogP contribution < -0.4 is 0 Å². The van der Waals surface area contributed by atoms with E-state index >= 15 is 0 Å². The smallest absolute Gasteiger partial charge is 0.137 e. The Balaban J connectivity index is 1.53. The predicted molar refractivity (Wildman–Crippen MR) is 146 cm³/mol. The summed E-state index contributed by atoms with van der Waals surface area (Å²) in [6.45, 7) is 8.42. The number of benzene rings is 1. The lowest BCUT2D eigenvalue weighted by atomic mass is 9.85. The average molecular weight is 486 g/mol. The van der Waals surface area contributed by atoms with E-state index in [4.69, 9.17) is 4.74 Å². The Labute approximate surface area is 208 Å². The van der Waals surface area contributed by atoms with Gasteiger partial charge in [0.2, 0.25) is 0 Å². The first-order valence-electron chi connectivity index (χ1n) is 12.7. The number of hydrogen-bond donors (Lipinski definition) is 2. The van der Waals surface area contributed by atoms with Crippen LogP contribution in [-0.4, -0.2) is 39.9 Å². The van der Waals surface area contributed by atoms with Gasteiger partial charge in [0, 0.05) is 55.2 Å². The summed E-state index contributed by atoms with van der Waals surface area (Å²) in [5, 5.41) is 13.1. The molecule has 3 aromatic heterocycles. The fourth-order valence-electron chi connectivity index (χ4n) is 4.88. The molecule has 0 radical (unpaired) electrons. The molecule has 0 bridgehead atoms. The van der Waals surface area contributed by atoms with Crippen molar-refractivity contribution in [3.63, 3.8) is 0 Å². The minimum absolute atomic E-state index is 0.521. The molecule has 0 saturated heterocycles. The van der Waals surface area contributed by atoms with Crippen molar-refractivity contribution >= 4 is 30.0 Å². The highest BCUT2D eigenvalue weighted by Crippen LogP contribution is 2.35. The Bertz CT molecular complexity index is 1390. The number of ether oxygens (including phenoxy) is 1. The van der Waals surface area contributed by atoms with Gasteiger partial charge in [-0.1, -0.05) is 37.9 Å². The maximum Gasteiger partial charge on any atom is 0.137 e. The zero-order valence-corrected chi connectivity index (χ0v) is 22.0. The van der Waals surface area contributed by atoms with Gasteiger partial charge in [0.25, 0.3) is 0 Å². The maximum absolute atomic E-state index is 10.9. The number of aromatic amines is 1. The number of H-pyrrole nitrogens is 1. The number of rotatable bonds is 6. The zero-order valence-electron chi connectivity index (χ0n) is 21.0. The minimum atomic E-state index is -1.14. The molecule has 2 N–H and O–H groups in total. The van der Waals surface area contributed by atoms with Gasteiger partial charge in [0.15, 0.2) is 0 Å². The lowest BCUT2D eigenvalue weighted by Gasteiger charge is -2.26. The van der Waals surface area contributed by atoms with E-state index in [1.54, 1.807) is 0 Å². The second kappa shape index (κ2) is 9.66. The zero-order chi connectivity index (χ0) is 24.5. The normalized spacial score (nSPS) is 15.9. The molecule has 35 heavy (non-hydrogen) atoms. The van der Waals surface area contributed by atoms with Crippen LogP contribution in [0.3, 0.4) is 0 Å². The first-order chi connectivity index (χ1) is 16.8. The fourth-order valence-corrected chi connectivity index (χ4v) is 5.64. The van der Waals surface area contributed by atoms with Gasteiger partial charge in [0.1, 0.15) is 18.0 Å². The van der Waals surface area contributed by atoms with Crippen molar-refractivity contribution in [2.45, 2.75) is 70.1 Å². The first-order valence-corrected chi connectivity index (χ1v) is 16.4. The molecule has 0 atom stereocenters. The van der Waals surface area contributed by atoms with Crippen molar-refractivity contribution in [2.24, 2.45) is 0 Å². The van der Waals surface area contributed by atoms with E-state index in [9.17, 15) is 5.11 Å². The monoisotopic (exact) mass is 485 g/mol. The van der Waals surface area contributed by atoms with E-state index in [0.717, 1.165) is 77.0 Å². The van der Waals surface area contributed by atoms with Crippen LogP contribution in [0.25, 0.3) is 33.1 Å². The standard InChI is InChI=1S/C29H35N3O2Si/c1-35(2,3)18-17-34-21-32-20-26(23-10-15-30-28-24(23)11-16-31-28)25-19-22(7-8-27(25)32)9-14-29(33)12-5-4-6-13-29/h7-8,10-11,15-16,19-20,33H,4-6,12-13,17-18,21H2,1-3H3,(H,30,31). The fraction of sp³-hybridized carbons (Fsp3) is 0.414. The molecule has 182 valence electrons. The van der Waals surface area contributed by atoms with Crippen LogP contribution in [0.15, 0.2) is 48.9 Å². The van der Waals surface area contributed by atoms with Gasteiger partial charge in [-0.05, 0) is 67.6 Å². The highest BCUT2D eigenvalue weighted by atomic mass is 28.3. The molecule has 1 aromatic carbocycles. The summed E-state index contributed by atoms with van der Waals surface area (Å²) in [6.07, 6.45) is 10.8. The molecule has 6 heteroatoms. The third-order valence-electron chi connectivity index (χ3n) is 6.98. The third-order valence-corrected chi connectivity index (χ3v) is 8.68. The third kappa shape index (κ3) is 5.38. The Morgan fingerprint density at radius 1 is 1.09 bits per heavy atom. The molecule has 1 saturated carbocycles. The van der Waals surface area contributed by atoms with Crippen LogP contribution in [0.2, 0.25) is 25.7 Å². The summed E-state index contributed by atoms with van der Waals surface area (Å²) in [7, 11) is -1.14. The molecule has 0 amide bonds. The highest BCUT2D eigenvalue weighted by molar-refractivity contribution is 6.76. The number of nitrogens with one attached hydrogen (secondary N) is 1. The summed E-state index contributed by atoms with van der Waals surface area (Å²) < 4.78 is 8.31. The molecular formula is C29H35N3O2Si. The molecule has 1 fully saturated rings. The van der Waals surface area contributed by atoms with Gasteiger partial charge >= 0.3 is 0 Å². The Kier molecular flexibility index (Phi) is 6.58. The van der Waals surface area contributed by atoms with Gasteiger partial charge in [-0.25, -0.2) is 4.98 Å². The maximum atomic E-state index is 10.9. The molecule has 1 aliphatic rings. The number of fused-ring (bicyclic) bond motifs is 2. The lowest BCUT2D eigenvalue weighted by molar-refractivity contribution is 0.0610. The molecule has 1 aliphatic carbocycles. The summed E-state index contributed by atoms with van der Waals surface area (Å²) in [5.41, 5.74) is 4.35. The van der Waals surface area contributed by atoms with Crippen molar-refractivity contribution in [1.82, 2.24) is 14.5 Å². The Hall–Kier alpha value is -2.85. The van der Waals surface area contributed by atoms with E-state index < -0.39 is 13.7 Å². The van der Waals surface area contributed by atoms with Crippen LogP contribution in [0, 0.1) is 11.8 Å². The topological polar surface area (TPSA) is 63.1 Å². The summed E-state index contributed by atoms with van der Waals surface area (Å²) in [6, 6.07) is 11.6. The van der Waals surface area contributed by atoms with Crippen LogP contribution in [0.5, 0.6) is 0 Å². The second-order valence-corrected chi connectivity index (χ2v) is 16.7. The van der Waals surface area contributed by atoms with Gasteiger partial charge in [-0.3, -0.25) is 0 Å². The molecule has 0 aliphatic heterocycles. The van der Waals surface area contributed by atoms with E-state index in [2.05, 4.69) is 82.5 Å². The number of nitrogens with zero attached hydrogens (tertiary/aromatic N) is 2. The largest absolute Gasteiger partial charge is 0.378 e. The molecule has 5 rings (SSSR count). The van der Waals surface area contributed by atoms with E-state index in [1.807, 2.05) is 12.4 Å². The minimum Gasteiger partial charge on any atom is -0.378 e. The summed E-state index contributed by atoms with van der Waals surface area (Å²) >= 11 is 0.